The first kappa shape index (κ1) is 21.5. The van der Waals surface area contributed by atoms with Crippen LogP contribution in [0.3, 0.4) is 0 Å². The van der Waals surface area contributed by atoms with Gasteiger partial charge in [-0.25, -0.2) is 4.98 Å². The van der Waals surface area contributed by atoms with Gasteiger partial charge in [-0.1, -0.05) is 18.2 Å². The van der Waals surface area contributed by atoms with Crippen molar-refractivity contribution in [1.82, 2.24) is 10.3 Å². The van der Waals surface area contributed by atoms with Gasteiger partial charge in [0.05, 0.1) is 12.7 Å². The Bertz CT molecular complexity index is 1300. The zero-order valence-corrected chi connectivity index (χ0v) is 19.1. The smallest absolute Gasteiger partial charge is 0.261 e. The summed E-state index contributed by atoms with van der Waals surface area (Å²) >= 11 is 5.37. The maximum atomic E-state index is 12.6. The first-order chi connectivity index (χ1) is 15.4. The van der Waals surface area contributed by atoms with Gasteiger partial charge in [0.1, 0.15) is 11.3 Å². The number of methoxy groups -OCH3 is 1. The van der Waals surface area contributed by atoms with E-state index >= 15 is 0 Å². The van der Waals surface area contributed by atoms with E-state index in [1.165, 1.54) is 12.7 Å². The fourth-order valence-corrected chi connectivity index (χ4v) is 3.55. The van der Waals surface area contributed by atoms with Crippen molar-refractivity contribution in [3.8, 4) is 17.2 Å². The third kappa shape index (κ3) is 4.33. The Morgan fingerprint density at radius 2 is 1.75 bits per heavy atom. The highest BCUT2D eigenvalue weighted by Gasteiger charge is 2.15. The van der Waals surface area contributed by atoms with E-state index in [0.29, 0.717) is 17.2 Å². The van der Waals surface area contributed by atoms with Crippen LogP contribution in [-0.2, 0) is 0 Å². The number of para-hydroxylation sites is 1. The third-order valence-electron chi connectivity index (χ3n) is 5.32. The topological polar surface area (TPSA) is 76.4 Å². The van der Waals surface area contributed by atoms with E-state index < -0.39 is 0 Å². The minimum absolute atomic E-state index is 0.185. The molecule has 0 unspecified atom stereocenters. The summed E-state index contributed by atoms with van der Waals surface area (Å²) in [7, 11) is 1.52. The molecule has 0 atom stereocenters. The van der Waals surface area contributed by atoms with Crippen molar-refractivity contribution in [3.05, 3.63) is 76.9 Å². The number of carbonyl (C=O) groups excluding carboxylic acids is 1. The van der Waals surface area contributed by atoms with Gasteiger partial charge in [0, 0.05) is 11.3 Å². The summed E-state index contributed by atoms with van der Waals surface area (Å²) in [4.78, 5) is 17.2. The molecule has 0 aliphatic rings. The standard InChI is InChI=1S/C25H23N3O3S/c1-14-9-10-17(24-26-20-11-15(2)16(3)12-22(20)31-24)13-19(14)27-25(32)28-23(29)18-7-5-6-8-21(18)30-4/h5-13H,1-4H3,(H2,27,28,29,32). The van der Waals surface area contributed by atoms with E-state index in [1.807, 2.05) is 44.2 Å². The van der Waals surface area contributed by atoms with Crippen LogP contribution < -0.4 is 15.4 Å². The zero-order valence-electron chi connectivity index (χ0n) is 18.3. The number of ether oxygens (including phenoxy) is 1. The van der Waals surface area contributed by atoms with Crippen LogP contribution in [0, 0.1) is 20.8 Å². The predicted octanol–water partition coefficient (Wildman–Crippen LogP) is 5.56. The summed E-state index contributed by atoms with van der Waals surface area (Å²) in [5.74, 6) is 0.655. The number of nitrogens with one attached hydrogen (secondary N) is 2. The Kier molecular flexibility index (Phi) is 5.92. The summed E-state index contributed by atoms with van der Waals surface area (Å²) < 4.78 is 11.2. The second kappa shape index (κ2) is 8.80. The molecule has 0 spiro atoms. The molecular formula is C25H23N3O3S. The SMILES string of the molecule is COc1ccccc1C(=O)NC(=S)Nc1cc(-c2nc3cc(C)c(C)cc3o2)ccc1C. The molecule has 0 aliphatic heterocycles. The zero-order chi connectivity index (χ0) is 22.8. The second-order valence-electron chi connectivity index (χ2n) is 7.56. The molecule has 2 N–H and O–H groups in total. The molecular weight excluding hydrogens is 422 g/mol. The fraction of sp³-hybridized carbons (Fsp3) is 0.160. The molecule has 6 nitrogen and oxygen atoms in total. The molecule has 1 amide bonds. The lowest BCUT2D eigenvalue weighted by Gasteiger charge is -2.13. The van der Waals surface area contributed by atoms with Crippen molar-refractivity contribution < 1.29 is 13.9 Å². The molecule has 7 heteroatoms. The highest BCUT2D eigenvalue weighted by atomic mass is 32.1. The number of aromatic nitrogens is 1. The lowest BCUT2D eigenvalue weighted by molar-refractivity contribution is 0.0975. The first-order valence-corrected chi connectivity index (χ1v) is 10.5. The van der Waals surface area contributed by atoms with Gasteiger partial charge in [0.2, 0.25) is 5.89 Å². The van der Waals surface area contributed by atoms with Gasteiger partial charge in [-0.05, 0) is 86.1 Å². The maximum absolute atomic E-state index is 12.6. The minimum Gasteiger partial charge on any atom is -0.496 e. The van der Waals surface area contributed by atoms with Gasteiger partial charge in [0.25, 0.3) is 5.91 Å². The highest BCUT2D eigenvalue weighted by Crippen LogP contribution is 2.29. The molecule has 32 heavy (non-hydrogen) atoms. The molecule has 4 aromatic rings. The Labute approximate surface area is 191 Å². The molecule has 0 radical (unpaired) electrons. The van der Waals surface area contributed by atoms with Crippen molar-refractivity contribution in [3.63, 3.8) is 0 Å². The number of benzene rings is 3. The van der Waals surface area contributed by atoms with Crippen LogP contribution in [0.1, 0.15) is 27.0 Å². The fourth-order valence-electron chi connectivity index (χ4n) is 3.35. The van der Waals surface area contributed by atoms with Crippen LogP contribution in [0.4, 0.5) is 5.69 Å². The van der Waals surface area contributed by atoms with Gasteiger partial charge in [0.15, 0.2) is 10.7 Å². The predicted molar refractivity (Wildman–Crippen MR) is 130 cm³/mol. The molecule has 0 saturated carbocycles. The number of hydrogen-bond donors (Lipinski definition) is 2. The molecule has 4 rings (SSSR count). The Morgan fingerprint density at radius 1 is 1.00 bits per heavy atom. The monoisotopic (exact) mass is 445 g/mol. The number of nitrogens with zero attached hydrogens (tertiary/aromatic N) is 1. The molecule has 1 heterocycles. The average Bonchev–Trinajstić information content (AvgIpc) is 3.18. The van der Waals surface area contributed by atoms with Crippen LogP contribution in [0.15, 0.2) is 59.0 Å². The number of amides is 1. The average molecular weight is 446 g/mol. The van der Waals surface area contributed by atoms with Gasteiger partial charge >= 0.3 is 0 Å². The Hall–Kier alpha value is -3.71. The van der Waals surface area contributed by atoms with Gasteiger partial charge < -0.3 is 14.5 Å². The highest BCUT2D eigenvalue weighted by molar-refractivity contribution is 7.80. The van der Waals surface area contributed by atoms with E-state index in [0.717, 1.165) is 33.5 Å². The molecule has 162 valence electrons. The number of anilines is 1. The Morgan fingerprint density at radius 3 is 2.53 bits per heavy atom. The van der Waals surface area contributed by atoms with Gasteiger partial charge in [-0.15, -0.1) is 0 Å². The van der Waals surface area contributed by atoms with E-state index in [9.17, 15) is 4.79 Å². The van der Waals surface area contributed by atoms with E-state index in [4.69, 9.17) is 21.4 Å². The number of aryl methyl sites for hydroxylation is 3. The van der Waals surface area contributed by atoms with Crippen molar-refractivity contribution in [2.75, 3.05) is 12.4 Å². The summed E-state index contributed by atoms with van der Waals surface area (Å²) in [5.41, 5.74) is 6.82. The van der Waals surface area contributed by atoms with E-state index in [1.54, 1.807) is 24.3 Å². The molecule has 0 bridgehead atoms. The number of hydrogen-bond acceptors (Lipinski definition) is 5. The molecule has 0 aliphatic carbocycles. The molecule has 0 saturated heterocycles. The summed E-state index contributed by atoms with van der Waals surface area (Å²) in [5, 5.41) is 5.99. The van der Waals surface area contributed by atoms with Gasteiger partial charge in [-0.3, -0.25) is 10.1 Å². The normalized spacial score (nSPS) is 10.8. The second-order valence-corrected chi connectivity index (χ2v) is 7.97. The summed E-state index contributed by atoms with van der Waals surface area (Å²) in [6.07, 6.45) is 0. The quantitative estimate of drug-likeness (QED) is 0.401. The number of thiocarbonyl (C=S) groups is 1. The van der Waals surface area contributed by atoms with Crippen LogP contribution in [-0.4, -0.2) is 23.1 Å². The first-order valence-electron chi connectivity index (χ1n) is 10.1. The largest absolute Gasteiger partial charge is 0.496 e. The molecule has 0 fully saturated rings. The summed E-state index contributed by atoms with van der Waals surface area (Å²) in [6.45, 7) is 6.05. The van der Waals surface area contributed by atoms with Crippen LogP contribution in [0.5, 0.6) is 5.75 Å². The maximum Gasteiger partial charge on any atom is 0.261 e. The lowest BCUT2D eigenvalue weighted by Crippen LogP contribution is -2.34. The molecule has 1 aromatic heterocycles. The van der Waals surface area contributed by atoms with E-state index in [-0.39, 0.29) is 11.0 Å². The lowest BCUT2D eigenvalue weighted by atomic mass is 10.1. The van der Waals surface area contributed by atoms with E-state index in [2.05, 4.69) is 22.5 Å². The minimum atomic E-state index is -0.349. The summed E-state index contributed by atoms with van der Waals surface area (Å²) in [6, 6.07) is 16.8. The number of rotatable bonds is 4. The van der Waals surface area contributed by atoms with Crippen LogP contribution >= 0.6 is 12.2 Å². The number of carbonyl (C=O) groups is 1. The Balaban J connectivity index is 1.55. The number of oxazole rings is 1. The van der Waals surface area contributed by atoms with Crippen molar-refractivity contribution in [2.45, 2.75) is 20.8 Å². The van der Waals surface area contributed by atoms with Crippen LogP contribution in [0.2, 0.25) is 0 Å². The third-order valence-corrected chi connectivity index (χ3v) is 5.52. The van der Waals surface area contributed by atoms with Crippen molar-refractivity contribution >= 4 is 40.0 Å². The molecule has 3 aromatic carbocycles. The van der Waals surface area contributed by atoms with Crippen molar-refractivity contribution in [1.29, 1.82) is 0 Å². The van der Waals surface area contributed by atoms with Gasteiger partial charge in [-0.2, -0.15) is 0 Å². The van der Waals surface area contributed by atoms with Crippen LogP contribution in [0.25, 0.3) is 22.6 Å². The number of fused-ring (bicyclic) bond motifs is 1. The van der Waals surface area contributed by atoms with Crippen molar-refractivity contribution in [2.24, 2.45) is 0 Å².